The van der Waals surface area contributed by atoms with Gasteiger partial charge in [0.25, 0.3) is 0 Å². The fraction of sp³-hybridized carbons (Fsp3) is 0. The quantitative estimate of drug-likeness (QED) is 0.633. The van der Waals surface area contributed by atoms with E-state index >= 15 is 0 Å². The monoisotopic (exact) mass is 165 g/mol. The molecule has 1 N–H and O–H groups in total. The summed E-state index contributed by atoms with van der Waals surface area (Å²) in [6.45, 7) is 0.946. The minimum absolute atomic E-state index is 0.482. The minimum Gasteiger partial charge on any atom is -0.385 e. The summed E-state index contributed by atoms with van der Waals surface area (Å²) in [4.78, 5) is 0. The fourth-order valence-corrected chi connectivity index (χ4v) is 1.04. The van der Waals surface area contributed by atoms with Gasteiger partial charge in [-0.15, -0.1) is 6.42 Å². The van der Waals surface area contributed by atoms with E-state index in [9.17, 15) is 0 Å². The van der Waals surface area contributed by atoms with Crippen LogP contribution in [0.25, 0.3) is 0 Å². The fourth-order valence-electron chi connectivity index (χ4n) is 0.801. The molecule has 1 aromatic rings. The van der Waals surface area contributed by atoms with Gasteiger partial charge in [-0.05, 0) is 6.07 Å². The summed E-state index contributed by atoms with van der Waals surface area (Å²) < 4.78 is 0. The van der Waals surface area contributed by atoms with Gasteiger partial charge in [0, 0.05) is 11.1 Å². The lowest BCUT2D eigenvalue weighted by molar-refractivity contribution is 0.414. The summed E-state index contributed by atoms with van der Waals surface area (Å²) in [6, 6.07) is 5.11. The Hall–Kier alpha value is -0.970. The van der Waals surface area contributed by atoms with Crippen molar-refractivity contribution in [3.63, 3.8) is 0 Å². The Morgan fingerprint density at radius 2 is 2.27 bits per heavy atom. The lowest BCUT2D eigenvalue weighted by Gasteiger charge is -2.00. The highest BCUT2D eigenvalue weighted by Crippen LogP contribution is 2.19. The molecule has 0 aliphatic rings. The molecule has 0 amide bonds. The molecule has 0 fully saturated rings. The van der Waals surface area contributed by atoms with E-state index in [1.54, 1.807) is 18.2 Å². The van der Waals surface area contributed by atoms with Crippen LogP contribution in [0.15, 0.2) is 18.2 Å². The van der Waals surface area contributed by atoms with E-state index < -0.39 is 0 Å². The maximum Gasteiger partial charge on any atom is 0.110 e. The third-order valence-corrected chi connectivity index (χ3v) is 1.64. The van der Waals surface area contributed by atoms with Crippen molar-refractivity contribution in [1.29, 1.82) is 0 Å². The van der Waals surface area contributed by atoms with Gasteiger partial charge in [-0.1, -0.05) is 29.7 Å². The summed E-state index contributed by atoms with van der Waals surface area (Å²) in [6.07, 6.45) is 5.16. The highest BCUT2D eigenvalue weighted by molar-refractivity contribution is 6.31. The van der Waals surface area contributed by atoms with Crippen LogP contribution in [0.4, 0.5) is 0 Å². The molecule has 2 heteroatoms. The van der Waals surface area contributed by atoms with Crippen molar-refractivity contribution in [2.75, 3.05) is 0 Å². The molecule has 0 aliphatic heterocycles. The Labute approximate surface area is 70.6 Å². The second-order valence-corrected chi connectivity index (χ2v) is 2.38. The standard InChI is InChI=1S/C9H6ClO/c1-2-8-7(6-11)4-3-5-9(8)10/h1,3-6,11H. The Kier molecular flexibility index (Phi) is 2.53. The van der Waals surface area contributed by atoms with Crippen LogP contribution < -0.4 is 0 Å². The van der Waals surface area contributed by atoms with Crippen molar-refractivity contribution >= 4 is 11.6 Å². The molecule has 11 heavy (non-hydrogen) atoms. The molecule has 0 saturated carbocycles. The first-order valence-corrected chi connectivity index (χ1v) is 3.40. The summed E-state index contributed by atoms with van der Waals surface area (Å²) in [5, 5.41) is 9.18. The lowest BCUT2D eigenvalue weighted by Crippen LogP contribution is -1.87. The van der Waals surface area contributed by atoms with E-state index in [1.807, 2.05) is 0 Å². The van der Waals surface area contributed by atoms with E-state index in [0.717, 1.165) is 6.61 Å². The minimum atomic E-state index is 0.482. The number of aliphatic hydroxyl groups excluding tert-OH is 1. The van der Waals surface area contributed by atoms with E-state index in [-0.39, 0.29) is 0 Å². The Balaban J connectivity index is 3.27. The first-order chi connectivity index (χ1) is 5.29. The second-order valence-electron chi connectivity index (χ2n) is 1.98. The zero-order valence-electron chi connectivity index (χ0n) is 5.71. The molecule has 0 aromatic heterocycles. The molecule has 1 radical (unpaired) electrons. The molecule has 0 aliphatic carbocycles. The summed E-state index contributed by atoms with van der Waals surface area (Å²) in [5.41, 5.74) is 1.09. The van der Waals surface area contributed by atoms with Gasteiger partial charge < -0.3 is 5.11 Å². The van der Waals surface area contributed by atoms with Crippen molar-refractivity contribution in [1.82, 2.24) is 0 Å². The Morgan fingerprint density at radius 1 is 1.55 bits per heavy atom. The van der Waals surface area contributed by atoms with Crippen molar-refractivity contribution in [2.45, 2.75) is 0 Å². The molecule has 0 unspecified atom stereocenters. The van der Waals surface area contributed by atoms with Crippen LogP contribution in [0.5, 0.6) is 0 Å². The van der Waals surface area contributed by atoms with Crippen molar-refractivity contribution < 1.29 is 5.11 Å². The zero-order chi connectivity index (χ0) is 8.27. The summed E-state index contributed by atoms with van der Waals surface area (Å²) in [5.74, 6) is 2.39. The predicted octanol–water partition coefficient (Wildman–Crippen LogP) is 2.20. The zero-order valence-corrected chi connectivity index (χ0v) is 6.47. The van der Waals surface area contributed by atoms with Gasteiger partial charge in [0.1, 0.15) is 6.61 Å². The molecular formula is C9H6ClO. The van der Waals surface area contributed by atoms with Crippen molar-refractivity contribution in [3.05, 3.63) is 41.0 Å². The van der Waals surface area contributed by atoms with Gasteiger partial charge >= 0.3 is 0 Å². The highest BCUT2D eigenvalue weighted by Gasteiger charge is 2.01. The third-order valence-electron chi connectivity index (χ3n) is 1.33. The number of aliphatic hydroxyl groups is 1. The van der Waals surface area contributed by atoms with Gasteiger partial charge in [0.15, 0.2) is 0 Å². The smallest absolute Gasteiger partial charge is 0.110 e. The van der Waals surface area contributed by atoms with Gasteiger partial charge in [0.05, 0.1) is 5.02 Å². The van der Waals surface area contributed by atoms with E-state index in [1.165, 1.54) is 0 Å². The molecular weight excluding hydrogens is 160 g/mol. The Morgan fingerprint density at radius 3 is 2.73 bits per heavy atom. The van der Waals surface area contributed by atoms with E-state index in [0.29, 0.717) is 16.1 Å². The molecule has 0 spiro atoms. The average Bonchev–Trinajstić information content (AvgIpc) is 2.04. The van der Waals surface area contributed by atoms with Crippen LogP contribution in [0.1, 0.15) is 11.1 Å². The molecule has 1 rings (SSSR count). The molecule has 0 heterocycles. The van der Waals surface area contributed by atoms with Gasteiger partial charge in [-0.25, -0.2) is 0 Å². The topological polar surface area (TPSA) is 20.2 Å². The predicted molar refractivity (Wildman–Crippen MR) is 44.7 cm³/mol. The normalized spacial score (nSPS) is 9.18. The average molecular weight is 166 g/mol. The molecule has 0 saturated heterocycles. The van der Waals surface area contributed by atoms with Crippen LogP contribution in [-0.4, -0.2) is 5.11 Å². The van der Waals surface area contributed by atoms with Crippen molar-refractivity contribution in [2.24, 2.45) is 0 Å². The van der Waals surface area contributed by atoms with Gasteiger partial charge in [0.2, 0.25) is 0 Å². The first-order valence-electron chi connectivity index (χ1n) is 3.02. The first kappa shape index (κ1) is 8.13. The molecule has 0 bridgehead atoms. The van der Waals surface area contributed by atoms with Crippen LogP contribution in [0.2, 0.25) is 5.02 Å². The van der Waals surface area contributed by atoms with Gasteiger partial charge in [-0.2, -0.15) is 0 Å². The van der Waals surface area contributed by atoms with Crippen LogP contribution in [0.3, 0.4) is 0 Å². The highest BCUT2D eigenvalue weighted by atomic mass is 35.5. The van der Waals surface area contributed by atoms with E-state index in [4.69, 9.17) is 23.1 Å². The molecule has 0 atom stereocenters. The van der Waals surface area contributed by atoms with Crippen LogP contribution >= 0.6 is 11.6 Å². The number of hydrogen-bond donors (Lipinski definition) is 1. The maximum atomic E-state index is 8.69. The number of rotatable bonds is 1. The number of hydrogen-bond acceptors (Lipinski definition) is 1. The maximum absolute atomic E-state index is 8.69. The van der Waals surface area contributed by atoms with Crippen LogP contribution in [-0.2, 0) is 0 Å². The van der Waals surface area contributed by atoms with Gasteiger partial charge in [-0.3, -0.25) is 0 Å². The molecule has 1 aromatic carbocycles. The number of halogens is 1. The third kappa shape index (κ3) is 1.54. The molecule has 55 valence electrons. The summed E-state index contributed by atoms with van der Waals surface area (Å²) >= 11 is 5.73. The lowest BCUT2D eigenvalue weighted by atomic mass is 10.1. The summed E-state index contributed by atoms with van der Waals surface area (Å²) in [7, 11) is 0. The Bertz CT molecular complexity index is 299. The largest absolute Gasteiger partial charge is 0.385 e. The molecule has 1 nitrogen and oxygen atoms in total. The van der Waals surface area contributed by atoms with Crippen molar-refractivity contribution in [3.8, 4) is 12.3 Å². The van der Waals surface area contributed by atoms with Crippen LogP contribution in [0, 0.1) is 19.0 Å². The van der Waals surface area contributed by atoms with E-state index in [2.05, 4.69) is 5.92 Å². The number of benzene rings is 1. The second kappa shape index (κ2) is 3.43. The number of terminal acetylenes is 1. The SMILES string of the molecule is C#Cc1c(Cl)cccc1[CH]O.